The molecule has 10 heteroatoms. The minimum absolute atomic E-state index is 0.124. The first kappa shape index (κ1) is 21.5. The third-order valence-electron chi connectivity index (χ3n) is 4.65. The molecule has 0 aliphatic carbocycles. The number of pyridine rings is 1. The van der Waals surface area contributed by atoms with Crippen LogP contribution in [0.5, 0.6) is 11.6 Å². The van der Waals surface area contributed by atoms with Gasteiger partial charge < -0.3 is 9.84 Å². The molecule has 6 nitrogen and oxygen atoms in total. The van der Waals surface area contributed by atoms with Crippen LogP contribution >= 0.6 is 11.6 Å². The summed E-state index contributed by atoms with van der Waals surface area (Å²) in [6.45, 7) is 0.124. The van der Waals surface area contributed by atoms with E-state index in [0.717, 1.165) is 33.4 Å². The molecule has 0 radical (unpaired) electrons. The Kier molecular flexibility index (Phi) is 5.67. The number of benzene rings is 2. The number of rotatable bonds is 5. The fraction of sp³-hybridized carbons (Fsp3) is 0.0909. The maximum absolute atomic E-state index is 12.9. The molecule has 0 saturated carbocycles. The van der Waals surface area contributed by atoms with Crippen LogP contribution in [0.3, 0.4) is 0 Å². The first-order valence-corrected chi connectivity index (χ1v) is 9.65. The first-order valence-electron chi connectivity index (χ1n) is 9.27. The average Bonchev–Trinajstić information content (AvgIpc) is 3.01. The summed E-state index contributed by atoms with van der Waals surface area (Å²) in [5.74, 6) is -0.797. The van der Waals surface area contributed by atoms with E-state index in [-0.39, 0.29) is 18.1 Å². The monoisotopic (exact) mass is 461 g/mol. The minimum atomic E-state index is -4.82. The molecule has 0 fully saturated rings. The largest absolute Gasteiger partial charge is 0.573 e. The van der Waals surface area contributed by atoms with E-state index in [1.54, 1.807) is 36.7 Å². The van der Waals surface area contributed by atoms with Crippen molar-refractivity contribution in [3.05, 3.63) is 94.3 Å². The maximum atomic E-state index is 12.9. The second-order valence-corrected chi connectivity index (χ2v) is 7.25. The number of hydrogen-bond donors (Lipinski definition) is 1. The molecule has 0 amide bonds. The number of ether oxygens (including phenoxy) is 1. The molecule has 164 valence electrons. The van der Waals surface area contributed by atoms with E-state index in [9.17, 15) is 23.1 Å². The normalized spacial score (nSPS) is 11.5. The zero-order valence-electron chi connectivity index (χ0n) is 16.3. The van der Waals surface area contributed by atoms with Gasteiger partial charge in [0, 0.05) is 23.0 Å². The number of halogens is 4. The summed E-state index contributed by atoms with van der Waals surface area (Å²) in [6, 6.07) is 13.6. The Labute approximate surface area is 184 Å². The second-order valence-electron chi connectivity index (χ2n) is 6.82. The first-order chi connectivity index (χ1) is 15.2. The highest BCUT2D eigenvalue weighted by Crippen LogP contribution is 2.27. The molecule has 2 aromatic heterocycles. The van der Waals surface area contributed by atoms with E-state index in [2.05, 4.69) is 9.72 Å². The standard InChI is InChI=1S/C22H15ClF3N3O3/c23-16-3-1-2-14(10-16)19-11-27-9-8-15(19)12-28-13-20(30)29(21(28)31)17-4-6-18(7-5-17)32-22(24,25)26/h1-11,13,30H,12H2. The van der Waals surface area contributed by atoms with Crippen molar-refractivity contribution in [2.75, 3.05) is 0 Å². The van der Waals surface area contributed by atoms with Gasteiger partial charge in [-0.25, -0.2) is 9.36 Å². The molecule has 0 spiro atoms. The van der Waals surface area contributed by atoms with Crippen molar-refractivity contribution in [1.29, 1.82) is 0 Å². The van der Waals surface area contributed by atoms with Gasteiger partial charge >= 0.3 is 12.1 Å². The Bertz CT molecular complexity index is 1310. The molecule has 0 aliphatic rings. The van der Waals surface area contributed by atoms with Gasteiger partial charge in [0.25, 0.3) is 0 Å². The number of imidazole rings is 1. The minimum Gasteiger partial charge on any atom is -0.493 e. The molecule has 0 atom stereocenters. The molecule has 0 bridgehead atoms. The van der Waals surface area contributed by atoms with Gasteiger partial charge in [-0.3, -0.25) is 9.55 Å². The van der Waals surface area contributed by atoms with Crippen molar-refractivity contribution in [3.63, 3.8) is 0 Å². The van der Waals surface area contributed by atoms with Gasteiger partial charge in [0.1, 0.15) is 5.75 Å². The van der Waals surface area contributed by atoms with Crippen LogP contribution < -0.4 is 10.4 Å². The van der Waals surface area contributed by atoms with Gasteiger partial charge in [-0.15, -0.1) is 13.2 Å². The lowest BCUT2D eigenvalue weighted by Gasteiger charge is -2.10. The van der Waals surface area contributed by atoms with Crippen molar-refractivity contribution >= 4 is 11.6 Å². The highest BCUT2D eigenvalue weighted by atomic mass is 35.5. The van der Waals surface area contributed by atoms with Crippen molar-refractivity contribution in [2.24, 2.45) is 0 Å². The molecule has 0 saturated heterocycles. The second kappa shape index (κ2) is 8.43. The molecule has 4 rings (SSSR count). The number of alkyl halides is 3. The summed E-state index contributed by atoms with van der Waals surface area (Å²) >= 11 is 6.09. The van der Waals surface area contributed by atoms with E-state index in [0.29, 0.717) is 5.02 Å². The zero-order chi connectivity index (χ0) is 22.9. The van der Waals surface area contributed by atoms with Gasteiger partial charge in [-0.2, -0.15) is 0 Å². The third-order valence-corrected chi connectivity index (χ3v) is 4.89. The van der Waals surface area contributed by atoms with Crippen LogP contribution in [-0.2, 0) is 6.54 Å². The Morgan fingerprint density at radius 3 is 2.53 bits per heavy atom. The van der Waals surface area contributed by atoms with Crippen LogP contribution in [0.2, 0.25) is 5.02 Å². The van der Waals surface area contributed by atoms with Crippen LogP contribution in [0.1, 0.15) is 5.56 Å². The maximum Gasteiger partial charge on any atom is 0.573 e. The van der Waals surface area contributed by atoms with Gasteiger partial charge in [0.05, 0.1) is 18.4 Å². The highest BCUT2D eigenvalue weighted by Gasteiger charge is 2.31. The van der Waals surface area contributed by atoms with Crippen LogP contribution in [0, 0.1) is 0 Å². The Balaban J connectivity index is 1.66. The summed E-state index contributed by atoms with van der Waals surface area (Å²) in [5.41, 5.74) is 1.96. The number of nitrogens with zero attached hydrogens (tertiary/aromatic N) is 3. The Hall–Kier alpha value is -3.72. The van der Waals surface area contributed by atoms with Crippen molar-refractivity contribution < 1.29 is 23.0 Å². The quantitative estimate of drug-likeness (QED) is 0.454. The summed E-state index contributed by atoms with van der Waals surface area (Å²) in [4.78, 5) is 17.1. The molecule has 0 unspecified atom stereocenters. The van der Waals surface area contributed by atoms with Crippen LogP contribution in [0.15, 0.2) is 78.0 Å². The van der Waals surface area contributed by atoms with Gasteiger partial charge in [0.15, 0.2) is 0 Å². The van der Waals surface area contributed by atoms with E-state index in [1.807, 2.05) is 6.07 Å². The molecular weight excluding hydrogens is 447 g/mol. The fourth-order valence-electron chi connectivity index (χ4n) is 3.29. The lowest BCUT2D eigenvalue weighted by Crippen LogP contribution is -2.23. The molecule has 2 aromatic carbocycles. The predicted octanol–water partition coefficient (Wildman–Crippen LogP) is 5.01. The van der Waals surface area contributed by atoms with Crippen molar-refractivity contribution in [1.82, 2.24) is 14.1 Å². The van der Waals surface area contributed by atoms with Crippen LogP contribution in [0.25, 0.3) is 16.8 Å². The smallest absolute Gasteiger partial charge is 0.493 e. The predicted molar refractivity (Wildman–Crippen MR) is 112 cm³/mol. The Morgan fingerprint density at radius 1 is 1.09 bits per heavy atom. The lowest BCUT2D eigenvalue weighted by atomic mass is 10.0. The zero-order valence-corrected chi connectivity index (χ0v) is 17.0. The molecule has 4 aromatic rings. The van der Waals surface area contributed by atoms with Gasteiger partial charge in [0.2, 0.25) is 5.88 Å². The lowest BCUT2D eigenvalue weighted by molar-refractivity contribution is -0.274. The van der Waals surface area contributed by atoms with E-state index >= 15 is 0 Å². The topological polar surface area (TPSA) is 69.3 Å². The van der Waals surface area contributed by atoms with Crippen LogP contribution in [-0.4, -0.2) is 25.6 Å². The summed E-state index contributed by atoms with van der Waals surface area (Å²) in [6.07, 6.45) is -0.327. The van der Waals surface area contributed by atoms with Gasteiger partial charge in [-0.05, 0) is 53.6 Å². The fourth-order valence-corrected chi connectivity index (χ4v) is 3.48. The van der Waals surface area contributed by atoms with Gasteiger partial charge in [-0.1, -0.05) is 23.7 Å². The highest BCUT2D eigenvalue weighted by molar-refractivity contribution is 6.30. The molecule has 1 N–H and O–H groups in total. The average molecular weight is 462 g/mol. The van der Waals surface area contributed by atoms with E-state index in [1.165, 1.54) is 22.9 Å². The molecular formula is C22H15ClF3N3O3. The number of aromatic hydroxyl groups is 1. The molecule has 0 aliphatic heterocycles. The number of aromatic nitrogens is 3. The summed E-state index contributed by atoms with van der Waals surface area (Å²) < 4.78 is 43.1. The van der Waals surface area contributed by atoms with E-state index in [4.69, 9.17) is 11.6 Å². The summed E-state index contributed by atoms with van der Waals surface area (Å²) in [5, 5.41) is 10.9. The van der Waals surface area contributed by atoms with Crippen molar-refractivity contribution in [2.45, 2.75) is 12.9 Å². The SMILES string of the molecule is O=c1n(Cc2ccncc2-c2cccc(Cl)c2)cc(O)n1-c1ccc(OC(F)(F)F)cc1. The van der Waals surface area contributed by atoms with E-state index < -0.39 is 17.8 Å². The Morgan fingerprint density at radius 2 is 1.84 bits per heavy atom. The molecule has 32 heavy (non-hydrogen) atoms. The summed E-state index contributed by atoms with van der Waals surface area (Å²) in [7, 11) is 0. The van der Waals surface area contributed by atoms with Crippen molar-refractivity contribution in [3.8, 4) is 28.4 Å². The molecule has 2 heterocycles. The third kappa shape index (κ3) is 4.62. The number of hydrogen-bond acceptors (Lipinski definition) is 4. The van der Waals surface area contributed by atoms with Crippen LogP contribution in [0.4, 0.5) is 13.2 Å².